The van der Waals surface area contributed by atoms with Crippen LogP contribution in [0.15, 0.2) is 36.4 Å². The van der Waals surface area contributed by atoms with E-state index in [1.165, 1.54) is 12.1 Å². The SMILES string of the molecule is Cc1cc(F)ccc1COc1ccc(C(=N)N)c(Cl)c1. The van der Waals surface area contributed by atoms with Crippen LogP contribution in [0, 0.1) is 18.2 Å². The van der Waals surface area contributed by atoms with Crippen molar-refractivity contribution >= 4 is 17.4 Å². The van der Waals surface area contributed by atoms with Crippen molar-refractivity contribution in [2.24, 2.45) is 5.73 Å². The molecule has 0 saturated heterocycles. The number of amidine groups is 1. The fourth-order valence-electron chi connectivity index (χ4n) is 1.79. The number of nitrogens with two attached hydrogens (primary N) is 1. The Kier molecular flexibility index (Phi) is 4.25. The molecule has 0 spiro atoms. The Morgan fingerprint density at radius 2 is 2.05 bits per heavy atom. The van der Waals surface area contributed by atoms with Crippen molar-refractivity contribution in [3.63, 3.8) is 0 Å². The molecule has 3 N–H and O–H groups in total. The Balaban J connectivity index is 2.11. The number of nitrogen functional groups attached to an aromatic ring is 1. The molecule has 0 aliphatic rings. The van der Waals surface area contributed by atoms with E-state index in [1.54, 1.807) is 24.3 Å². The van der Waals surface area contributed by atoms with Crippen LogP contribution in [0.3, 0.4) is 0 Å². The van der Waals surface area contributed by atoms with Crippen LogP contribution >= 0.6 is 11.6 Å². The first-order valence-corrected chi connectivity index (χ1v) is 6.37. The van der Waals surface area contributed by atoms with Crippen molar-refractivity contribution in [1.82, 2.24) is 0 Å². The third-order valence-corrected chi connectivity index (χ3v) is 3.24. The molecule has 0 fully saturated rings. The fraction of sp³-hybridized carbons (Fsp3) is 0.133. The minimum absolute atomic E-state index is 0.0871. The zero-order valence-corrected chi connectivity index (χ0v) is 11.7. The van der Waals surface area contributed by atoms with Gasteiger partial charge in [-0.15, -0.1) is 0 Å². The molecule has 2 aromatic carbocycles. The number of nitrogens with one attached hydrogen (secondary N) is 1. The smallest absolute Gasteiger partial charge is 0.124 e. The maximum atomic E-state index is 13.0. The Bertz CT molecular complexity index is 658. The highest BCUT2D eigenvalue weighted by molar-refractivity contribution is 6.34. The van der Waals surface area contributed by atoms with Crippen LogP contribution in [0.2, 0.25) is 5.02 Å². The topological polar surface area (TPSA) is 59.1 Å². The molecule has 0 amide bonds. The minimum Gasteiger partial charge on any atom is -0.489 e. The lowest BCUT2D eigenvalue weighted by Crippen LogP contribution is -2.11. The number of ether oxygens (including phenoxy) is 1. The van der Waals surface area contributed by atoms with Gasteiger partial charge in [0.15, 0.2) is 0 Å². The van der Waals surface area contributed by atoms with Gasteiger partial charge in [-0.05, 0) is 48.4 Å². The molecule has 5 heteroatoms. The zero-order chi connectivity index (χ0) is 14.7. The number of hydrogen-bond donors (Lipinski definition) is 2. The largest absolute Gasteiger partial charge is 0.489 e. The predicted octanol–water partition coefficient (Wildman–Crippen LogP) is 3.65. The van der Waals surface area contributed by atoms with Gasteiger partial charge in [0.05, 0.1) is 5.02 Å². The molecule has 0 unspecified atom stereocenters. The number of rotatable bonds is 4. The quantitative estimate of drug-likeness (QED) is 0.667. The molecule has 2 aromatic rings. The van der Waals surface area contributed by atoms with Gasteiger partial charge in [-0.3, -0.25) is 5.41 Å². The summed E-state index contributed by atoms with van der Waals surface area (Å²) in [5, 5.41) is 7.71. The lowest BCUT2D eigenvalue weighted by atomic mass is 10.1. The molecular weight excluding hydrogens is 279 g/mol. The van der Waals surface area contributed by atoms with E-state index in [1.807, 2.05) is 6.92 Å². The third-order valence-electron chi connectivity index (χ3n) is 2.93. The average molecular weight is 293 g/mol. The molecule has 0 aliphatic heterocycles. The standard InChI is InChI=1S/C15H14ClFN2O/c1-9-6-11(17)3-2-10(9)8-20-12-4-5-13(15(18)19)14(16)7-12/h2-7H,8H2,1H3,(H3,18,19). The summed E-state index contributed by atoms with van der Waals surface area (Å²) in [6, 6.07) is 9.49. The van der Waals surface area contributed by atoms with Crippen molar-refractivity contribution in [3.05, 3.63) is 63.9 Å². The summed E-state index contributed by atoms with van der Waals surface area (Å²) < 4.78 is 18.6. The zero-order valence-electron chi connectivity index (χ0n) is 10.9. The highest BCUT2D eigenvalue weighted by atomic mass is 35.5. The summed E-state index contributed by atoms with van der Waals surface area (Å²) >= 11 is 6.01. The molecule has 0 atom stereocenters. The second-order valence-corrected chi connectivity index (χ2v) is 4.82. The van der Waals surface area contributed by atoms with Crippen LogP contribution in [-0.4, -0.2) is 5.84 Å². The number of hydrogen-bond acceptors (Lipinski definition) is 2. The van der Waals surface area contributed by atoms with Crippen LogP contribution in [0.4, 0.5) is 4.39 Å². The normalized spacial score (nSPS) is 10.3. The van der Waals surface area contributed by atoms with E-state index in [0.29, 0.717) is 22.9 Å². The molecule has 0 heterocycles. The monoisotopic (exact) mass is 292 g/mol. The summed E-state index contributed by atoms with van der Waals surface area (Å²) in [6.45, 7) is 2.15. The summed E-state index contributed by atoms with van der Waals surface area (Å²) in [7, 11) is 0. The molecule has 0 radical (unpaired) electrons. The highest BCUT2D eigenvalue weighted by Crippen LogP contribution is 2.23. The minimum atomic E-state index is -0.264. The Morgan fingerprint density at radius 1 is 1.30 bits per heavy atom. The third kappa shape index (κ3) is 3.27. The fourth-order valence-corrected chi connectivity index (χ4v) is 2.06. The first-order valence-electron chi connectivity index (χ1n) is 5.99. The van der Waals surface area contributed by atoms with Gasteiger partial charge in [0.25, 0.3) is 0 Å². The highest BCUT2D eigenvalue weighted by Gasteiger charge is 2.06. The van der Waals surface area contributed by atoms with Gasteiger partial charge in [0, 0.05) is 5.56 Å². The summed E-state index contributed by atoms with van der Waals surface area (Å²) in [5.41, 5.74) is 7.59. The van der Waals surface area contributed by atoms with Crippen LogP contribution < -0.4 is 10.5 Å². The number of halogens is 2. The molecule has 0 saturated carbocycles. The van der Waals surface area contributed by atoms with Gasteiger partial charge >= 0.3 is 0 Å². The van der Waals surface area contributed by atoms with Crippen molar-refractivity contribution in [1.29, 1.82) is 5.41 Å². The molecule has 3 nitrogen and oxygen atoms in total. The summed E-state index contributed by atoms with van der Waals surface area (Å²) in [5.74, 6) is 0.222. The first-order chi connectivity index (χ1) is 9.47. The number of aryl methyl sites for hydroxylation is 1. The Morgan fingerprint density at radius 3 is 2.65 bits per heavy atom. The van der Waals surface area contributed by atoms with Crippen molar-refractivity contribution in [2.45, 2.75) is 13.5 Å². The second kappa shape index (κ2) is 5.92. The van der Waals surface area contributed by atoms with Crippen LogP contribution in [0.25, 0.3) is 0 Å². The van der Waals surface area contributed by atoms with Crippen LogP contribution in [0.1, 0.15) is 16.7 Å². The molecular formula is C15H14ClFN2O. The second-order valence-electron chi connectivity index (χ2n) is 4.41. The van der Waals surface area contributed by atoms with Gasteiger partial charge in [0.2, 0.25) is 0 Å². The lowest BCUT2D eigenvalue weighted by Gasteiger charge is -2.10. The van der Waals surface area contributed by atoms with Crippen molar-refractivity contribution in [3.8, 4) is 5.75 Å². The van der Waals surface area contributed by atoms with Gasteiger partial charge in [0.1, 0.15) is 24.0 Å². The van der Waals surface area contributed by atoms with E-state index in [-0.39, 0.29) is 11.7 Å². The van der Waals surface area contributed by atoms with Crippen LogP contribution in [0.5, 0.6) is 5.75 Å². The average Bonchev–Trinajstić information content (AvgIpc) is 2.37. The van der Waals surface area contributed by atoms with Gasteiger partial charge in [-0.2, -0.15) is 0 Å². The van der Waals surface area contributed by atoms with E-state index in [4.69, 9.17) is 27.5 Å². The number of benzene rings is 2. The van der Waals surface area contributed by atoms with Gasteiger partial charge in [-0.1, -0.05) is 17.7 Å². The molecule has 2 rings (SSSR count). The molecule has 0 aliphatic carbocycles. The Hall–Kier alpha value is -2.07. The molecule has 0 aromatic heterocycles. The van der Waals surface area contributed by atoms with E-state index in [2.05, 4.69) is 0 Å². The molecule has 0 bridgehead atoms. The van der Waals surface area contributed by atoms with E-state index < -0.39 is 0 Å². The first kappa shape index (κ1) is 14.3. The Labute approximate surface area is 121 Å². The van der Waals surface area contributed by atoms with Crippen LogP contribution in [-0.2, 0) is 6.61 Å². The van der Waals surface area contributed by atoms with Crippen molar-refractivity contribution < 1.29 is 9.13 Å². The molecule has 20 heavy (non-hydrogen) atoms. The summed E-state index contributed by atoms with van der Waals surface area (Å²) in [6.07, 6.45) is 0. The predicted molar refractivity (Wildman–Crippen MR) is 77.9 cm³/mol. The van der Waals surface area contributed by atoms with E-state index in [0.717, 1.165) is 11.1 Å². The van der Waals surface area contributed by atoms with Crippen molar-refractivity contribution in [2.75, 3.05) is 0 Å². The maximum absolute atomic E-state index is 13.0. The van der Waals surface area contributed by atoms with Gasteiger partial charge < -0.3 is 10.5 Å². The van der Waals surface area contributed by atoms with E-state index in [9.17, 15) is 4.39 Å². The molecule has 104 valence electrons. The van der Waals surface area contributed by atoms with E-state index >= 15 is 0 Å². The maximum Gasteiger partial charge on any atom is 0.124 e. The summed E-state index contributed by atoms with van der Waals surface area (Å²) in [4.78, 5) is 0. The lowest BCUT2D eigenvalue weighted by molar-refractivity contribution is 0.305. The van der Waals surface area contributed by atoms with Gasteiger partial charge in [-0.25, -0.2) is 4.39 Å².